The zero-order valence-corrected chi connectivity index (χ0v) is 22.2. The molecule has 0 aromatic carbocycles. The van der Waals surface area contributed by atoms with Crippen LogP contribution in [0.3, 0.4) is 0 Å². The Hall–Kier alpha value is -3.44. The van der Waals surface area contributed by atoms with Gasteiger partial charge in [-0.3, -0.25) is 19.2 Å². The SMILES string of the molecule is O=C1CCC(C(=O)[O-])N1.O=C1CCC(C(=O)[O-])N1.O=C1CCC(C(=O)[O-])N1.O=C1CCC(C(=O)[O-])N1.[Sn+4]. The summed E-state index contributed by atoms with van der Waals surface area (Å²) in [6, 6.07) is -3.01. The maximum Gasteiger partial charge on any atom is 4.00 e. The van der Waals surface area contributed by atoms with Crippen molar-refractivity contribution in [3.63, 3.8) is 0 Å². The maximum atomic E-state index is 10.4. The summed E-state index contributed by atoms with van der Waals surface area (Å²) in [7, 11) is 0. The second kappa shape index (κ2) is 16.3. The molecule has 37 heavy (non-hydrogen) atoms. The fourth-order valence-electron chi connectivity index (χ4n) is 3.16. The molecule has 4 fully saturated rings. The maximum absolute atomic E-state index is 10.4. The van der Waals surface area contributed by atoms with Gasteiger partial charge in [-0.25, -0.2) is 0 Å². The molecular weight excluding hydrogens is 607 g/mol. The molecule has 0 spiro atoms. The summed E-state index contributed by atoms with van der Waals surface area (Å²) in [6.45, 7) is 0. The van der Waals surface area contributed by atoms with Crippen LogP contribution in [-0.4, -0.2) is 95.6 Å². The van der Waals surface area contributed by atoms with Crippen molar-refractivity contribution >= 4 is 71.4 Å². The molecule has 0 aromatic rings. The van der Waals surface area contributed by atoms with Gasteiger partial charge in [0, 0.05) is 25.7 Å². The molecule has 4 aliphatic rings. The number of carbonyl (C=O) groups excluding carboxylic acids is 8. The van der Waals surface area contributed by atoms with Gasteiger partial charge in [0.15, 0.2) is 0 Å². The van der Waals surface area contributed by atoms with Gasteiger partial charge in [-0.2, -0.15) is 0 Å². The molecule has 17 heteroatoms. The molecule has 4 saturated heterocycles. The molecule has 0 bridgehead atoms. The molecule has 4 rings (SSSR count). The Labute approximate surface area is 226 Å². The van der Waals surface area contributed by atoms with E-state index in [-0.39, 0.29) is 47.5 Å². The summed E-state index contributed by atoms with van der Waals surface area (Å²) in [4.78, 5) is 81.5. The zero-order valence-electron chi connectivity index (χ0n) is 19.4. The van der Waals surface area contributed by atoms with Crippen LogP contribution in [0.25, 0.3) is 0 Å². The van der Waals surface area contributed by atoms with Crippen LogP contribution in [0.4, 0.5) is 0 Å². The third kappa shape index (κ3) is 12.9. The molecule has 0 aromatic heterocycles. The van der Waals surface area contributed by atoms with E-state index in [1.165, 1.54) is 0 Å². The molecule has 0 aliphatic carbocycles. The fraction of sp³-hybridized carbons (Fsp3) is 0.600. The molecule has 4 amide bonds. The number of carboxylic acids is 4. The topological polar surface area (TPSA) is 277 Å². The summed E-state index contributed by atoms with van der Waals surface area (Å²) < 4.78 is 0. The van der Waals surface area contributed by atoms with Gasteiger partial charge in [0.25, 0.3) is 0 Å². The first-order chi connectivity index (χ1) is 16.8. The third-order valence-electron chi connectivity index (χ3n) is 5.12. The van der Waals surface area contributed by atoms with Crippen molar-refractivity contribution in [1.29, 1.82) is 0 Å². The molecule has 0 saturated carbocycles. The number of carboxylic acid groups (broad SMARTS) is 4. The van der Waals surface area contributed by atoms with E-state index >= 15 is 0 Å². The summed E-state index contributed by atoms with van der Waals surface area (Å²) >= 11 is 0. The first-order valence-corrected chi connectivity index (χ1v) is 10.8. The molecule has 4 N–H and O–H groups in total. The molecule has 4 atom stereocenters. The standard InChI is InChI=1S/4C5H7NO3.Sn/c4*7-4-2-1-3(6-4)5(8)9;/h4*3H,1-2H2,(H,6,7)(H,8,9);/q;;;;+4/p-4. The van der Waals surface area contributed by atoms with E-state index in [1.807, 2.05) is 0 Å². The van der Waals surface area contributed by atoms with Crippen LogP contribution >= 0.6 is 0 Å². The van der Waals surface area contributed by atoms with Crippen molar-refractivity contribution in [3.05, 3.63) is 0 Å². The molecule has 0 radical (unpaired) electrons. The molecule has 16 nitrogen and oxygen atoms in total. The Kier molecular flexibility index (Phi) is 14.8. The second-order valence-electron chi connectivity index (χ2n) is 7.91. The third-order valence-corrected chi connectivity index (χ3v) is 5.12. The van der Waals surface area contributed by atoms with E-state index in [0.29, 0.717) is 51.4 Å². The molecule has 4 aliphatic heterocycles. The average molecular weight is 631 g/mol. The van der Waals surface area contributed by atoms with E-state index in [0.717, 1.165) is 0 Å². The number of nitrogens with one attached hydrogen (secondary N) is 4. The van der Waals surface area contributed by atoms with Crippen LogP contribution in [0.15, 0.2) is 0 Å². The van der Waals surface area contributed by atoms with Gasteiger partial charge in [0.05, 0.1) is 48.0 Å². The van der Waals surface area contributed by atoms with Crippen molar-refractivity contribution in [2.75, 3.05) is 0 Å². The largest absolute Gasteiger partial charge is 4.00 e. The Balaban J connectivity index is 0.000000463. The molecular formula is C20H24N4O12Sn. The minimum atomic E-state index is -1.19. The predicted octanol–water partition coefficient (Wildman–Crippen LogP) is -8.32. The van der Waals surface area contributed by atoms with Gasteiger partial charge in [0.1, 0.15) is 0 Å². The molecule has 4 unspecified atom stereocenters. The van der Waals surface area contributed by atoms with Crippen molar-refractivity contribution in [1.82, 2.24) is 21.3 Å². The number of hydrogen-bond donors (Lipinski definition) is 4. The van der Waals surface area contributed by atoms with Crippen LogP contribution in [-0.2, 0) is 38.4 Å². The number of rotatable bonds is 4. The van der Waals surface area contributed by atoms with Crippen LogP contribution in [0.1, 0.15) is 51.4 Å². The smallest absolute Gasteiger partial charge is 0.548 e. The van der Waals surface area contributed by atoms with Gasteiger partial charge in [-0.15, -0.1) is 0 Å². The van der Waals surface area contributed by atoms with Gasteiger partial charge < -0.3 is 60.9 Å². The molecule has 4 heterocycles. The normalized spacial score (nSPS) is 25.1. The summed E-state index contributed by atoms with van der Waals surface area (Å²) in [5, 5.41) is 49.1. The van der Waals surface area contributed by atoms with Crippen LogP contribution in [0.2, 0.25) is 0 Å². The van der Waals surface area contributed by atoms with Crippen molar-refractivity contribution in [2.45, 2.75) is 75.5 Å². The Morgan fingerprint density at radius 1 is 0.459 bits per heavy atom. The van der Waals surface area contributed by atoms with E-state index in [4.69, 9.17) is 0 Å². The van der Waals surface area contributed by atoms with Gasteiger partial charge >= 0.3 is 23.9 Å². The van der Waals surface area contributed by atoms with Gasteiger partial charge in [-0.05, 0) is 25.7 Å². The number of amides is 4. The van der Waals surface area contributed by atoms with E-state index in [1.54, 1.807) is 0 Å². The molecule has 200 valence electrons. The predicted molar refractivity (Wildman–Crippen MR) is 110 cm³/mol. The average Bonchev–Trinajstić information content (AvgIpc) is 3.58. The van der Waals surface area contributed by atoms with E-state index in [2.05, 4.69) is 21.3 Å². The number of hydrogen-bond acceptors (Lipinski definition) is 12. The number of carbonyl (C=O) groups is 8. The van der Waals surface area contributed by atoms with Crippen molar-refractivity contribution in [2.24, 2.45) is 0 Å². The Morgan fingerprint density at radius 2 is 0.622 bits per heavy atom. The monoisotopic (exact) mass is 632 g/mol. The number of aliphatic carboxylic acids is 4. The van der Waals surface area contributed by atoms with Crippen LogP contribution in [0, 0.1) is 0 Å². The van der Waals surface area contributed by atoms with Crippen molar-refractivity contribution < 1.29 is 58.8 Å². The van der Waals surface area contributed by atoms with Crippen molar-refractivity contribution in [3.8, 4) is 0 Å². The second-order valence-corrected chi connectivity index (χ2v) is 7.91. The Bertz CT molecular complexity index is 768. The van der Waals surface area contributed by atoms with E-state index < -0.39 is 48.0 Å². The fourth-order valence-corrected chi connectivity index (χ4v) is 3.16. The summed E-state index contributed by atoms with van der Waals surface area (Å²) in [6.07, 6.45) is 2.67. The minimum Gasteiger partial charge on any atom is -0.548 e. The first kappa shape index (κ1) is 33.6. The summed E-state index contributed by atoms with van der Waals surface area (Å²) in [5.41, 5.74) is 0. The van der Waals surface area contributed by atoms with Crippen LogP contribution in [0.5, 0.6) is 0 Å². The van der Waals surface area contributed by atoms with Gasteiger partial charge in [0.2, 0.25) is 23.6 Å². The summed E-state index contributed by atoms with van der Waals surface area (Å²) in [5.74, 6) is -5.59. The Morgan fingerprint density at radius 3 is 0.676 bits per heavy atom. The zero-order chi connectivity index (χ0) is 27.4. The first-order valence-electron chi connectivity index (χ1n) is 10.8. The minimum absolute atomic E-state index is 0. The van der Waals surface area contributed by atoms with E-state index in [9.17, 15) is 58.8 Å². The quantitative estimate of drug-likeness (QED) is 0.211. The van der Waals surface area contributed by atoms with Gasteiger partial charge in [-0.1, -0.05) is 0 Å². The van der Waals surface area contributed by atoms with Crippen LogP contribution < -0.4 is 41.7 Å².